The summed E-state index contributed by atoms with van der Waals surface area (Å²) in [5.41, 5.74) is 2.55. The van der Waals surface area contributed by atoms with Crippen molar-refractivity contribution in [3.8, 4) is 5.75 Å². The molecule has 0 aliphatic carbocycles. The van der Waals surface area contributed by atoms with E-state index >= 15 is 0 Å². The number of rotatable bonds is 8. The molecule has 4 aromatic rings. The van der Waals surface area contributed by atoms with Gasteiger partial charge in [0.25, 0.3) is 0 Å². The number of carbonyl (C=O) groups is 1. The van der Waals surface area contributed by atoms with Crippen molar-refractivity contribution in [2.45, 2.75) is 27.0 Å². The van der Waals surface area contributed by atoms with E-state index in [4.69, 9.17) is 4.74 Å². The maximum absolute atomic E-state index is 14.0. The average molecular weight is 481 g/mol. The van der Waals surface area contributed by atoms with E-state index in [0.29, 0.717) is 23.7 Å². The van der Waals surface area contributed by atoms with Gasteiger partial charge in [-0.15, -0.1) is 11.3 Å². The molecule has 6 nitrogen and oxygen atoms in total. The first-order valence-electron chi connectivity index (χ1n) is 10.5. The van der Waals surface area contributed by atoms with Gasteiger partial charge in [0.2, 0.25) is 5.91 Å². The standard InChI is InChI=1S/C25H22F2N4O2S/c1-16-12-28-31(13-19-11-20(26)6-9-23(19)27)25(16)30-24(32)10-5-18-3-7-22(8-4-18)33-14-21-15-34-17(2)29-21/h3-12,15H,13-14H2,1-2H3,(H,30,32)/b10-5+. The van der Waals surface area contributed by atoms with Crippen molar-refractivity contribution in [3.63, 3.8) is 0 Å². The molecular weight excluding hydrogens is 458 g/mol. The van der Waals surface area contributed by atoms with Gasteiger partial charge in [-0.1, -0.05) is 12.1 Å². The molecule has 2 heterocycles. The Balaban J connectivity index is 1.36. The number of aromatic nitrogens is 3. The number of carbonyl (C=O) groups excluding carboxylic acids is 1. The summed E-state index contributed by atoms with van der Waals surface area (Å²) < 4.78 is 34.7. The molecule has 2 aromatic carbocycles. The highest BCUT2D eigenvalue weighted by molar-refractivity contribution is 7.09. The third-order valence-corrected chi connectivity index (χ3v) is 5.77. The number of thiazole rings is 1. The minimum absolute atomic E-state index is 0.0152. The number of amides is 1. The number of nitrogens with one attached hydrogen (secondary N) is 1. The molecule has 0 radical (unpaired) electrons. The molecule has 0 spiro atoms. The second kappa shape index (κ2) is 10.4. The molecule has 0 aliphatic rings. The largest absolute Gasteiger partial charge is 0.487 e. The van der Waals surface area contributed by atoms with E-state index in [1.807, 2.05) is 36.6 Å². The molecule has 0 unspecified atom stereocenters. The Hall–Kier alpha value is -3.85. The zero-order valence-electron chi connectivity index (χ0n) is 18.6. The fourth-order valence-corrected chi connectivity index (χ4v) is 3.82. The predicted octanol–water partition coefficient (Wildman–Crippen LogP) is 5.51. The normalized spacial score (nSPS) is 11.2. The second-order valence-electron chi connectivity index (χ2n) is 7.61. The summed E-state index contributed by atoms with van der Waals surface area (Å²) in [6, 6.07) is 10.6. The van der Waals surface area contributed by atoms with Gasteiger partial charge < -0.3 is 10.1 Å². The lowest BCUT2D eigenvalue weighted by atomic mass is 10.2. The number of ether oxygens (including phenoxy) is 1. The Kier molecular flexibility index (Phi) is 7.12. The number of aryl methyl sites for hydroxylation is 2. The van der Waals surface area contributed by atoms with Crippen LogP contribution in [0.4, 0.5) is 14.6 Å². The summed E-state index contributed by atoms with van der Waals surface area (Å²) in [5, 5.41) is 9.90. The fraction of sp³-hybridized carbons (Fsp3) is 0.160. The number of benzene rings is 2. The summed E-state index contributed by atoms with van der Waals surface area (Å²) in [6.45, 7) is 4.11. The van der Waals surface area contributed by atoms with E-state index in [-0.39, 0.29) is 18.0 Å². The lowest BCUT2D eigenvalue weighted by Crippen LogP contribution is -2.15. The van der Waals surface area contributed by atoms with Crippen molar-refractivity contribution in [2.75, 3.05) is 5.32 Å². The molecule has 0 atom stereocenters. The molecule has 1 amide bonds. The predicted molar refractivity (Wildman–Crippen MR) is 128 cm³/mol. The van der Waals surface area contributed by atoms with E-state index in [2.05, 4.69) is 15.4 Å². The monoisotopic (exact) mass is 480 g/mol. The van der Waals surface area contributed by atoms with Gasteiger partial charge in [-0.3, -0.25) is 4.79 Å². The van der Waals surface area contributed by atoms with Crippen LogP contribution in [0.3, 0.4) is 0 Å². The number of anilines is 1. The van der Waals surface area contributed by atoms with Crippen LogP contribution in [-0.4, -0.2) is 20.7 Å². The first-order chi connectivity index (χ1) is 16.4. The molecule has 0 saturated heterocycles. The van der Waals surface area contributed by atoms with Crippen LogP contribution in [0.2, 0.25) is 0 Å². The van der Waals surface area contributed by atoms with E-state index in [1.54, 1.807) is 30.5 Å². The number of halogens is 2. The minimum atomic E-state index is -0.541. The van der Waals surface area contributed by atoms with Crippen LogP contribution in [0.15, 0.2) is 60.1 Å². The van der Waals surface area contributed by atoms with Gasteiger partial charge in [0.15, 0.2) is 0 Å². The zero-order chi connectivity index (χ0) is 24.1. The highest BCUT2D eigenvalue weighted by Gasteiger charge is 2.13. The van der Waals surface area contributed by atoms with Crippen LogP contribution >= 0.6 is 11.3 Å². The molecule has 0 aliphatic heterocycles. The van der Waals surface area contributed by atoms with E-state index < -0.39 is 11.6 Å². The zero-order valence-corrected chi connectivity index (χ0v) is 19.4. The summed E-state index contributed by atoms with van der Waals surface area (Å²) in [7, 11) is 0. The number of hydrogen-bond acceptors (Lipinski definition) is 5. The fourth-order valence-electron chi connectivity index (χ4n) is 3.22. The Morgan fingerprint density at radius 1 is 1.18 bits per heavy atom. The van der Waals surface area contributed by atoms with Crippen molar-refractivity contribution in [3.05, 3.63) is 99.1 Å². The molecule has 0 fully saturated rings. The molecule has 0 bridgehead atoms. The molecule has 9 heteroatoms. The summed E-state index contributed by atoms with van der Waals surface area (Å²) in [5.74, 6) is -0.330. The van der Waals surface area contributed by atoms with Gasteiger partial charge >= 0.3 is 0 Å². The van der Waals surface area contributed by atoms with Crippen LogP contribution < -0.4 is 10.1 Å². The third kappa shape index (κ3) is 5.93. The topological polar surface area (TPSA) is 69.0 Å². The van der Waals surface area contributed by atoms with Gasteiger partial charge in [-0.25, -0.2) is 18.4 Å². The van der Waals surface area contributed by atoms with Crippen molar-refractivity contribution >= 4 is 29.1 Å². The van der Waals surface area contributed by atoms with Crippen molar-refractivity contribution < 1.29 is 18.3 Å². The van der Waals surface area contributed by atoms with Crippen LogP contribution in [0.25, 0.3) is 6.08 Å². The summed E-state index contributed by atoms with van der Waals surface area (Å²) >= 11 is 1.58. The Morgan fingerprint density at radius 3 is 2.71 bits per heavy atom. The van der Waals surface area contributed by atoms with Crippen LogP contribution in [0.5, 0.6) is 5.75 Å². The highest BCUT2D eigenvalue weighted by Crippen LogP contribution is 2.19. The average Bonchev–Trinajstić information content (AvgIpc) is 3.39. The van der Waals surface area contributed by atoms with Crippen molar-refractivity contribution in [1.29, 1.82) is 0 Å². The SMILES string of the molecule is Cc1nc(COc2ccc(/C=C/C(=O)Nc3c(C)cnn3Cc3cc(F)ccc3F)cc2)cs1. The van der Waals surface area contributed by atoms with Crippen molar-refractivity contribution in [1.82, 2.24) is 14.8 Å². The van der Waals surface area contributed by atoms with Crippen LogP contribution in [0.1, 0.15) is 27.4 Å². The van der Waals surface area contributed by atoms with Crippen LogP contribution in [0, 0.1) is 25.5 Å². The maximum Gasteiger partial charge on any atom is 0.249 e. The Morgan fingerprint density at radius 2 is 1.97 bits per heavy atom. The Labute approximate surface area is 199 Å². The van der Waals surface area contributed by atoms with Gasteiger partial charge in [0.05, 0.1) is 23.4 Å². The molecule has 2 aromatic heterocycles. The molecule has 4 rings (SSSR count). The summed E-state index contributed by atoms with van der Waals surface area (Å²) in [6.07, 6.45) is 4.63. The lowest BCUT2D eigenvalue weighted by molar-refractivity contribution is -0.111. The van der Waals surface area contributed by atoms with Gasteiger partial charge in [-0.05, 0) is 55.8 Å². The number of nitrogens with zero attached hydrogens (tertiary/aromatic N) is 3. The molecule has 174 valence electrons. The lowest BCUT2D eigenvalue weighted by Gasteiger charge is -2.10. The minimum Gasteiger partial charge on any atom is -0.487 e. The van der Waals surface area contributed by atoms with Crippen molar-refractivity contribution in [2.24, 2.45) is 0 Å². The third-order valence-electron chi connectivity index (χ3n) is 4.95. The van der Waals surface area contributed by atoms with Gasteiger partial charge in [0.1, 0.15) is 29.8 Å². The second-order valence-corrected chi connectivity index (χ2v) is 8.67. The quantitative estimate of drug-likeness (QED) is 0.338. The van der Waals surface area contributed by atoms with Crippen LogP contribution in [-0.2, 0) is 17.9 Å². The maximum atomic E-state index is 14.0. The first-order valence-corrected chi connectivity index (χ1v) is 11.3. The summed E-state index contributed by atoms with van der Waals surface area (Å²) in [4.78, 5) is 16.8. The van der Waals surface area contributed by atoms with E-state index in [9.17, 15) is 13.6 Å². The molecule has 0 saturated carbocycles. The van der Waals surface area contributed by atoms with E-state index in [1.165, 1.54) is 10.8 Å². The molecular formula is C25H22F2N4O2S. The van der Waals surface area contributed by atoms with Gasteiger partial charge in [0, 0.05) is 22.6 Å². The molecule has 34 heavy (non-hydrogen) atoms. The molecule has 1 N–H and O–H groups in total. The van der Waals surface area contributed by atoms with Gasteiger partial charge in [-0.2, -0.15) is 5.10 Å². The van der Waals surface area contributed by atoms with E-state index in [0.717, 1.165) is 34.5 Å². The number of hydrogen-bond donors (Lipinski definition) is 1. The Bertz CT molecular complexity index is 1330. The first kappa shape index (κ1) is 23.3. The smallest absolute Gasteiger partial charge is 0.249 e. The highest BCUT2D eigenvalue weighted by atomic mass is 32.1.